The standard InChI is InChI=1S/C11H15NO2/c1-14-10-4-2-9(3-5-10)12-11(8-13)6-7-11/h2-5,12-13H,6-8H2,1H3. The van der Waals surface area contributed by atoms with Crippen LogP contribution in [0.1, 0.15) is 12.8 Å². The fourth-order valence-corrected chi connectivity index (χ4v) is 1.45. The molecule has 1 aliphatic carbocycles. The first kappa shape index (κ1) is 9.34. The van der Waals surface area contributed by atoms with E-state index in [0.717, 1.165) is 24.3 Å². The summed E-state index contributed by atoms with van der Waals surface area (Å²) in [6.07, 6.45) is 2.10. The molecule has 0 spiro atoms. The Kier molecular flexibility index (Phi) is 2.33. The fourth-order valence-electron chi connectivity index (χ4n) is 1.45. The lowest BCUT2D eigenvalue weighted by molar-refractivity contribution is 0.266. The molecule has 0 saturated heterocycles. The molecule has 0 aliphatic heterocycles. The van der Waals surface area contributed by atoms with Crippen molar-refractivity contribution in [3.63, 3.8) is 0 Å². The molecule has 0 amide bonds. The van der Waals surface area contributed by atoms with Crippen LogP contribution in [0.3, 0.4) is 0 Å². The van der Waals surface area contributed by atoms with Crippen molar-refractivity contribution in [2.75, 3.05) is 19.0 Å². The van der Waals surface area contributed by atoms with Gasteiger partial charge >= 0.3 is 0 Å². The highest BCUT2D eigenvalue weighted by molar-refractivity contribution is 5.49. The van der Waals surface area contributed by atoms with Gasteiger partial charge in [0.15, 0.2) is 0 Å². The molecule has 1 saturated carbocycles. The van der Waals surface area contributed by atoms with Gasteiger partial charge in [-0.2, -0.15) is 0 Å². The molecule has 3 heteroatoms. The molecule has 0 aromatic heterocycles. The number of hydrogen-bond acceptors (Lipinski definition) is 3. The molecule has 1 aromatic rings. The molecule has 2 N–H and O–H groups in total. The van der Waals surface area contributed by atoms with Crippen molar-refractivity contribution in [3.05, 3.63) is 24.3 Å². The maximum absolute atomic E-state index is 9.13. The lowest BCUT2D eigenvalue weighted by Crippen LogP contribution is -2.25. The summed E-state index contributed by atoms with van der Waals surface area (Å²) in [6.45, 7) is 0.207. The van der Waals surface area contributed by atoms with E-state index in [0.29, 0.717) is 0 Å². The number of rotatable bonds is 4. The average Bonchev–Trinajstić information content (AvgIpc) is 3.00. The van der Waals surface area contributed by atoms with E-state index in [9.17, 15) is 0 Å². The van der Waals surface area contributed by atoms with Crippen LogP contribution in [0.25, 0.3) is 0 Å². The van der Waals surface area contributed by atoms with E-state index in [-0.39, 0.29) is 12.1 Å². The second kappa shape index (κ2) is 3.50. The van der Waals surface area contributed by atoms with Gasteiger partial charge in [-0.05, 0) is 37.1 Å². The van der Waals surface area contributed by atoms with Crippen LogP contribution in [-0.2, 0) is 0 Å². The molecular weight excluding hydrogens is 178 g/mol. The third-order valence-corrected chi connectivity index (χ3v) is 2.66. The molecule has 76 valence electrons. The van der Waals surface area contributed by atoms with E-state index in [1.54, 1.807) is 7.11 Å². The summed E-state index contributed by atoms with van der Waals surface area (Å²) >= 11 is 0. The smallest absolute Gasteiger partial charge is 0.119 e. The number of aliphatic hydroxyl groups is 1. The number of hydrogen-bond donors (Lipinski definition) is 2. The molecule has 1 fully saturated rings. The Balaban J connectivity index is 2.03. The molecule has 0 bridgehead atoms. The van der Waals surface area contributed by atoms with Crippen LogP contribution >= 0.6 is 0 Å². The highest BCUT2D eigenvalue weighted by Gasteiger charge is 2.41. The van der Waals surface area contributed by atoms with Crippen LogP contribution in [0.2, 0.25) is 0 Å². The van der Waals surface area contributed by atoms with Gasteiger partial charge in [0.2, 0.25) is 0 Å². The zero-order valence-corrected chi connectivity index (χ0v) is 8.29. The maximum Gasteiger partial charge on any atom is 0.119 e. The Hall–Kier alpha value is -1.22. The maximum atomic E-state index is 9.13. The molecule has 0 atom stereocenters. The second-order valence-electron chi connectivity index (χ2n) is 3.79. The van der Waals surface area contributed by atoms with Gasteiger partial charge in [0, 0.05) is 5.69 Å². The van der Waals surface area contributed by atoms with E-state index in [4.69, 9.17) is 9.84 Å². The summed E-state index contributed by atoms with van der Waals surface area (Å²) in [7, 11) is 1.65. The second-order valence-corrected chi connectivity index (χ2v) is 3.79. The molecule has 2 rings (SSSR count). The van der Waals surface area contributed by atoms with Crippen molar-refractivity contribution in [3.8, 4) is 5.75 Å². The van der Waals surface area contributed by atoms with Crippen molar-refractivity contribution in [2.45, 2.75) is 18.4 Å². The molecule has 14 heavy (non-hydrogen) atoms. The minimum atomic E-state index is -0.0470. The van der Waals surface area contributed by atoms with E-state index < -0.39 is 0 Å². The molecular formula is C11H15NO2. The number of benzene rings is 1. The lowest BCUT2D eigenvalue weighted by Gasteiger charge is -2.15. The van der Waals surface area contributed by atoms with Gasteiger partial charge in [-0.3, -0.25) is 0 Å². The quantitative estimate of drug-likeness (QED) is 0.763. The Morgan fingerprint density at radius 3 is 2.43 bits per heavy atom. The Morgan fingerprint density at radius 1 is 1.36 bits per heavy atom. The third-order valence-electron chi connectivity index (χ3n) is 2.66. The van der Waals surface area contributed by atoms with Crippen LogP contribution in [0.4, 0.5) is 5.69 Å². The highest BCUT2D eigenvalue weighted by Crippen LogP contribution is 2.38. The van der Waals surface area contributed by atoms with Crippen molar-refractivity contribution >= 4 is 5.69 Å². The monoisotopic (exact) mass is 193 g/mol. The van der Waals surface area contributed by atoms with Crippen molar-refractivity contribution in [2.24, 2.45) is 0 Å². The summed E-state index contributed by atoms with van der Waals surface area (Å²) in [6, 6.07) is 7.76. The van der Waals surface area contributed by atoms with Crippen LogP contribution in [0.15, 0.2) is 24.3 Å². The molecule has 1 aliphatic rings. The first-order chi connectivity index (χ1) is 6.78. The van der Waals surface area contributed by atoms with E-state index in [1.165, 1.54) is 0 Å². The third kappa shape index (κ3) is 1.82. The fraction of sp³-hybridized carbons (Fsp3) is 0.455. The minimum absolute atomic E-state index is 0.0470. The Bertz CT molecular complexity index is 304. The van der Waals surface area contributed by atoms with E-state index in [1.807, 2.05) is 24.3 Å². The molecule has 0 radical (unpaired) electrons. The number of nitrogens with one attached hydrogen (secondary N) is 1. The molecule has 0 unspecified atom stereocenters. The summed E-state index contributed by atoms with van der Waals surface area (Å²) in [5.74, 6) is 0.851. The molecule has 1 aromatic carbocycles. The predicted molar refractivity (Wildman–Crippen MR) is 55.7 cm³/mol. The van der Waals surface area contributed by atoms with Crippen molar-refractivity contribution in [1.82, 2.24) is 0 Å². The molecule has 3 nitrogen and oxygen atoms in total. The largest absolute Gasteiger partial charge is 0.497 e. The van der Waals surface area contributed by atoms with Gasteiger partial charge in [-0.25, -0.2) is 0 Å². The summed E-state index contributed by atoms with van der Waals surface area (Å²) < 4.78 is 5.06. The van der Waals surface area contributed by atoms with Gasteiger partial charge in [0.25, 0.3) is 0 Å². The van der Waals surface area contributed by atoms with Gasteiger partial charge in [0.1, 0.15) is 5.75 Å². The van der Waals surface area contributed by atoms with Crippen molar-refractivity contribution < 1.29 is 9.84 Å². The Morgan fingerprint density at radius 2 is 2.00 bits per heavy atom. The SMILES string of the molecule is COc1ccc(NC2(CO)CC2)cc1. The first-order valence-electron chi connectivity index (χ1n) is 4.81. The normalized spacial score (nSPS) is 17.6. The number of methoxy groups -OCH3 is 1. The lowest BCUT2D eigenvalue weighted by atomic mass is 10.2. The van der Waals surface area contributed by atoms with E-state index in [2.05, 4.69) is 5.32 Å². The topological polar surface area (TPSA) is 41.5 Å². The van der Waals surface area contributed by atoms with Crippen LogP contribution in [-0.4, -0.2) is 24.4 Å². The number of anilines is 1. The van der Waals surface area contributed by atoms with Crippen LogP contribution in [0, 0.1) is 0 Å². The summed E-state index contributed by atoms with van der Waals surface area (Å²) in [5.41, 5.74) is 0.992. The number of ether oxygens (including phenoxy) is 1. The van der Waals surface area contributed by atoms with Crippen LogP contribution < -0.4 is 10.1 Å². The van der Waals surface area contributed by atoms with Crippen LogP contribution in [0.5, 0.6) is 5.75 Å². The highest BCUT2D eigenvalue weighted by atomic mass is 16.5. The molecule has 0 heterocycles. The predicted octanol–water partition coefficient (Wildman–Crippen LogP) is 1.63. The van der Waals surface area contributed by atoms with E-state index >= 15 is 0 Å². The van der Waals surface area contributed by atoms with Gasteiger partial charge < -0.3 is 15.2 Å². The summed E-state index contributed by atoms with van der Waals surface area (Å²) in [5, 5.41) is 12.5. The van der Waals surface area contributed by atoms with Gasteiger partial charge in [-0.15, -0.1) is 0 Å². The van der Waals surface area contributed by atoms with Gasteiger partial charge in [0.05, 0.1) is 19.3 Å². The number of aliphatic hydroxyl groups excluding tert-OH is 1. The Labute approximate surface area is 83.7 Å². The first-order valence-corrected chi connectivity index (χ1v) is 4.81. The zero-order valence-electron chi connectivity index (χ0n) is 8.29. The van der Waals surface area contributed by atoms with Crippen molar-refractivity contribution in [1.29, 1.82) is 0 Å². The average molecular weight is 193 g/mol. The minimum Gasteiger partial charge on any atom is -0.497 e. The zero-order chi connectivity index (χ0) is 10.0. The summed E-state index contributed by atoms with van der Waals surface area (Å²) in [4.78, 5) is 0. The van der Waals surface area contributed by atoms with Gasteiger partial charge in [-0.1, -0.05) is 0 Å².